The van der Waals surface area contributed by atoms with Crippen LogP contribution < -0.4 is 10.1 Å². The van der Waals surface area contributed by atoms with E-state index in [9.17, 15) is 9.59 Å². The zero-order valence-electron chi connectivity index (χ0n) is 13.7. The van der Waals surface area contributed by atoms with Gasteiger partial charge in [0.25, 0.3) is 0 Å². The van der Waals surface area contributed by atoms with Crippen LogP contribution in [-0.4, -0.2) is 23.6 Å². The predicted octanol–water partition coefficient (Wildman–Crippen LogP) is 3.53. The number of hydrogen-bond donors (Lipinski definition) is 2. The van der Waals surface area contributed by atoms with Crippen molar-refractivity contribution in [1.29, 1.82) is 0 Å². The minimum atomic E-state index is -1.03. The number of carbonyl (C=O) groups is 2. The van der Waals surface area contributed by atoms with Crippen molar-refractivity contribution in [2.45, 2.75) is 19.8 Å². The highest BCUT2D eigenvalue weighted by Crippen LogP contribution is 2.26. The van der Waals surface area contributed by atoms with Gasteiger partial charge in [0.1, 0.15) is 5.75 Å². The molecule has 1 atom stereocenters. The average molecular weight is 327 g/mol. The summed E-state index contributed by atoms with van der Waals surface area (Å²) in [5.41, 5.74) is 1.62. The van der Waals surface area contributed by atoms with Gasteiger partial charge in [-0.05, 0) is 35.7 Å². The molecular weight excluding hydrogens is 306 g/mol. The molecule has 0 saturated heterocycles. The lowest BCUT2D eigenvalue weighted by atomic mass is 9.87. The molecule has 126 valence electrons. The Balaban J connectivity index is 2.06. The molecule has 0 saturated carbocycles. The standard InChI is InChI=1S/C19H21NO4/c1-13(2)18(14-6-4-3-5-7-14)19(23)20-15-8-10-16(11-9-15)24-12-17(21)22/h3-11,13,18H,12H2,1-2H3,(H,20,23)(H,21,22). The largest absolute Gasteiger partial charge is 0.482 e. The number of carboxylic acids is 1. The summed E-state index contributed by atoms with van der Waals surface area (Å²) in [6.07, 6.45) is 0. The Labute approximate surface area is 141 Å². The highest BCUT2D eigenvalue weighted by atomic mass is 16.5. The van der Waals surface area contributed by atoms with Gasteiger partial charge in [-0.3, -0.25) is 4.79 Å². The van der Waals surface area contributed by atoms with Crippen LogP contribution in [0.4, 0.5) is 5.69 Å². The van der Waals surface area contributed by atoms with E-state index >= 15 is 0 Å². The Morgan fingerprint density at radius 1 is 1.04 bits per heavy atom. The minimum absolute atomic E-state index is 0.0737. The maximum Gasteiger partial charge on any atom is 0.341 e. The monoisotopic (exact) mass is 327 g/mol. The number of nitrogens with one attached hydrogen (secondary N) is 1. The van der Waals surface area contributed by atoms with Gasteiger partial charge in [-0.2, -0.15) is 0 Å². The summed E-state index contributed by atoms with van der Waals surface area (Å²) in [5, 5.41) is 11.5. The summed E-state index contributed by atoms with van der Waals surface area (Å²) < 4.78 is 5.07. The van der Waals surface area contributed by atoms with E-state index in [1.165, 1.54) is 0 Å². The van der Waals surface area contributed by atoms with E-state index in [1.807, 2.05) is 44.2 Å². The molecule has 0 aliphatic heterocycles. The molecule has 5 heteroatoms. The van der Waals surface area contributed by atoms with Crippen molar-refractivity contribution in [2.75, 3.05) is 11.9 Å². The molecule has 0 spiro atoms. The third-order valence-electron chi connectivity index (χ3n) is 3.59. The fourth-order valence-electron chi connectivity index (χ4n) is 2.50. The number of benzene rings is 2. The third-order valence-corrected chi connectivity index (χ3v) is 3.59. The van der Waals surface area contributed by atoms with Crippen molar-refractivity contribution in [2.24, 2.45) is 5.92 Å². The topological polar surface area (TPSA) is 75.6 Å². The Hall–Kier alpha value is -2.82. The van der Waals surface area contributed by atoms with Crippen LogP contribution in [0.1, 0.15) is 25.3 Å². The van der Waals surface area contributed by atoms with Gasteiger partial charge in [0, 0.05) is 5.69 Å². The van der Waals surface area contributed by atoms with Crippen molar-refractivity contribution in [3.8, 4) is 5.75 Å². The lowest BCUT2D eigenvalue weighted by Gasteiger charge is -2.20. The van der Waals surface area contributed by atoms with Gasteiger partial charge in [0.15, 0.2) is 6.61 Å². The van der Waals surface area contributed by atoms with Gasteiger partial charge in [0.2, 0.25) is 5.91 Å². The molecule has 5 nitrogen and oxygen atoms in total. The smallest absolute Gasteiger partial charge is 0.341 e. The number of rotatable bonds is 7. The molecule has 2 aromatic rings. The zero-order valence-corrected chi connectivity index (χ0v) is 13.7. The number of aliphatic carboxylic acids is 1. The molecule has 2 N–H and O–H groups in total. The van der Waals surface area contributed by atoms with E-state index < -0.39 is 12.6 Å². The Morgan fingerprint density at radius 3 is 2.21 bits per heavy atom. The molecule has 24 heavy (non-hydrogen) atoms. The van der Waals surface area contributed by atoms with Crippen molar-refractivity contribution >= 4 is 17.6 Å². The number of amides is 1. The Kier molecular flexibility index (Phi) is 5.95. The molecule has 0 aliphatic carbocycles. The predicted molar refractivity (Wildman–Crippen MR) is 92.2 cm³/mol. The van der Waals surface area contributed by atoms with Gasteiger partial charge in [-0.1, -0.05) is 44.2 Å². The van der Waals surface area contributed by atoms with Crippen LogP contribution in [0.5, 0.6) is 5.75 Å². The van der Waals surface area contributed by atoms with Crippen molar-refractivity contribution < 1.29 is 19.4 Å². The fraction of sp³-hybridized carbons (Fsp3) is 0.263. The van der Waals surface area contributed by atoms with E-state index in [0.717, 1.165) is 5.56 Å². The van der Waals surface area contributed by atoms with E-state index in [-0.39, 0.29) is 17.7 Å². The van der Waals surface area contributed by atoms with Crippen LogP contribution in [0.3, 0.4) is 0 Å². The normalized spacial score (nSPS) is 11.8. The molecule has 0 aromatic heterocycles. The van der Waals surface area contributed by atoms with Gasteiger partial charge in [-0.25, -0.2) is 4.79 Å². The summed E-state index contributed by atoms with van der Waals surface area (Å²) in [7, 11) is 0. The minimum Gasteiger partial charge on any atom is -0.482 e. The van der Waals surface area contributed by atoms with Crippen LogP contribution in [0, 0.1) is 5.92 Å². The van der Waals surface area contributed by atoms with E-state index in [0.29, 0.717) is 11.4 Å². The quantitative estimate of drug-likeness (QED) is 0.816. The van der Waals surface area contributed by atoms with Crippen molar-refractivity contribution in [1.82, 2.24) is 0 Å². The van der Waals surface area contributed by atoms with Crippen molar-refractivity contribution in [3.63, 3.8) is 0 Å². The Morgan fingerprint density at radius 2 is 1.67 bits per heavy atom. The molecule has 2 rings (SSSR count). The van der Waals surface area contributed by atoms with Gasteiger partial charge >= 0.3 is 5.97 Å². The molecule has 0 radical (unpaired) electrons. The van der Waals surface area contributed by atoms with Gasteiger partial charge in [-0.15, -0.1) is 0 Å². The van der Waals surface area contributed by atoms with Crippen LogP contribution in [0.15, 0.2) is 54.6 Å². The van der Waals surface area contributed by atoms with Gasteiger partial charge in [0.05, 0.1) is 5.92 Å². The molecule has 1 amide bonds. The number of ether oxygens (including phenoxy) is 1. The molecule has 1 unspecified atom stereocenters. The molecular formula is C19H21NO4. The molecule has 0 bridgehead atoms. The van der Waals surface area contributed by atoms with Crippen LogP contribution in [0.2, 0.25) is 0 Å². The van der Waals surface area contributed by atoms with E-state index in [1.54, 1.807) is 24.3 Å². The number of carbonyl (C=O) groups excluding carboxylic acids is 1. The van der Waals surface area contributed by atoms with Crippen LogP contribution in [-0.2, 0) is 9.59 Å². The van der Waals surface area contributed by atoms with E-state index in [4.69, 9.17) is 9.84 Å². The Bertz CT molecular complexity index is 680. The van der Waals surface area contributed by atoms with E-state index in [2.05, 4.69) is 5.32 Å². The zero-order chi connectivity index (χ0) is 17.5. The average Bonchev–Trinajstić information content (AvgIpc) is 2.55. The SMILES string of the molecule is CC(C)C(C(=O)Nc1ccc(OCC(=O)O)cc1)c1ccccc1. The summed E-state index contributed by atoms with van der Waals surface area (Å²) in [6, 6.07) is 16.3. The first-order chi connectivity index (χ1) is 11.5. The summed E-state index contributed by atoms with van der Waals surface area (Å²) in [5.74, 6) is -0.746. The first kappa shape index (κ1) is 17.5. The highest BCUT2D eigenvalue weighted by molar-refractivity contribution is 5.96. The molecule has 2 aromatic carbocycles. The third kappa shape index (κ3) is 4.84. The fourth-order valence-corrected chi connectivity index (χ4v) is 2.50. The second kappa shape index (κ2) is 8.15. The maximum absolute atomic E-state index is 12.6. The molecule has 0 fully saturated rings. The highest BCUT2D eigenvalue weighted by Gasteiger charge is 2.24. The second-order valence-electron chi connectivity index (χ2n) is 5.83. The molecule has 0 heterocycles. The lowest BCUT2D eigenvalue weighted by Crippen LogP contribution is -2.25. The number of hydrogen-bond acceptors (Lipinski definition) is 3. The molecule has 0 aliphatic rings. The number of anilines is 1. The second-order valence-corrected chi connectivity index (χ2v) is 5.83. The number of carboxylic acid groups (broad SMARTS) is 1. The van der Waals surface area contributed by atoms with Crippen molar-refractivity contribution in [3.05, 3.63) is 60.2 Å². The first-order valence-corrected chi connectivity index (χ1v) is 7.78. The van der Waals surface area contributed by atoms with Crippen LogP contribution in [0.25, 0.3) is 0 Å². The van der Waals surface area contributed by atoms with Crippen LogP contribution >= 0.6 is 0 Å². The summed E-state index contributed by atoms with van der Waals surface area (Å²) in [6.45, 7) is 3.63. The lowest BCUT2D eigenvalue weighted by molar-refractivity contribution is -0.139. The summed E-state index contributed by atoms with van der Waals surface area (Å²) in [4.78, 5) is 23.1. The first-order valence-electron chi connectivity index (χ1n) is 7.78. The summed E-state index contributed by atoms with van der Waals surface area (Å²) >= 11 is 0. The maximum atomic E-state index is 12.6. The van der Waals surface area contributed by atoms with Gasteiger partial charge < -0.3 is 15.2 Å².